The first-order valence-corrected chi connectivity index (χ1v) is 5.68. The van der Waals surface area contributed by atoms with E-state index in [1.165, 1.54) is 17.8 Å². The third-order valence-corrected chi connectivity index (χ3v) is 3.18. The van der Waals surface area contributed by atoms with Gasteiger partial charge in [0.15, 0.2) is 6.29 Å². The van der Waals surface area contributed by atoms with E-state index in [-0.39, 0.29) is 5.56 Å². The van der Waals surface area contributed by atoms with Crippen molar-refractivity contribution >= 4 is 18.0 Å². The molecular weight excluding hydrogens is 227 g/mol. The number of rotatable bonds is 4. The molecule has 2 rings (SSSR count). The fourth-order valence-electron chi connectivity index (χ4n) is 1.30. The van der Waals surface area contributed by atoms with Crippen molar-refractivity contribution in [2.75, 3.05) is 0 Å². The van der Waals surface area contributed by atoms with Crippen LogP contribution in [0, 0.1) is 5.82 Å². The first-order valence-electron chi connectivity index (χ1n) is 4.70. The highest BCUT2D eigenvalue weighted by molar-refractivity contribution is 7.98. The number of aldehydes is 1. The van der Waals surface area contributed by atoms with E-state index in [4.69, 9.17) is 4.42 Å². The van der Waals surface area contributed by atoms with Crippen molar-refractivity contribution in [2.24, 2.45) is 0 Å². The summed E-state index contributed by atoms with van der Waals surface area (Å²) in [7, 11) is 0. The minimum absolute atomic E-state index is 0.110. The number of hydrogen-bond acceptors (Lipinski definition) is 3. The number of halogens is 1. The molecule has 2 aromatic rings. The van der Waals surface area contributed by atoms with Gasteiger partial charge in [0.1, 0.15) is 11.6 Å². The molecular formula is C12H9FO2S. The lowest BCUT2D eigenvalue weighted by Crippen LogP contribution is -1.91. The number of carbonyl (C=O) groups excluding carboxylic acids is 1. The van der Waals surface area contributed by atoms with Crippen molar-refractivity contribution in [1.29, 1.82) is 0 Å². The van der Waals surface area contributed by atoms with Crippen molar-refractivity contribution < 1.29 is 13.6 Å². The molecule has 2 nitrogen and oxygen atoms in total. The Balaban J connectivity index is 2.15. The van der Waals surface area contributed by atoms with Crippen LogP contribution >= 0.6 is 11.8 Å². The highest BCUT2D eigenvalue weighted by Crippen LogP contribution is 2.26. The molecule has 1 aromatic heterocycles. The predicted octanol–water partition coefficient (Wildman–Crippen LogP) is 3.52. The average molecular weight is 236 g/mol. The Kier molecular flexibility index (Phi) is 3.41. The third kappa shape index (κ3) is 2.33. The van der Waals surface area contributed by atoms with Crippen LogP contribution in [0.4, 0.5) is 4.39 Å². The van der Waals surface area contributed by atoms with Crippen LogP contribution in [-0.4, -0.2) is 6.29 Å². The van der Waals surface area contributed by atoms with Crippen LogP contribution in [0.3, 0.4) is 0 Å². The van der Waals surface area contributed by atoms with Crippen molar-refractivity contribution in [3.05, 3.63) is 53.7 Å². The van der Waals surface area contributed by atoms with E-state index in [0.717, 1.165) is 5.76 Å². The van der Waals surface area contributed by atoms with Gasteiger partial charge in [-0.25, -0.2) is 4.39 Å². The largest absolute Gasteiger partial charge is 0.468 e. The number of thioether (sulfide) groups is 1. The maximum Gasteiger partial charge on any atom is 0.154 e. The highest BCUT2D eigenvalue weighted by Gasteiger charge is 2.08. The molecule has 1 heterocycles. The van der Waals surface area contributed by atoms with Crippen LogP contribution in [-0.2, 0) is 5.75 Å². The quantitative estimate of drug-likeness (QED) is 0.601. The first-order chi connectivity index (χ1) is 7.81. The summed E-state index contributed by atoms with van der Waals surface area (Å²) < 4.78 is 18.4. The maximum absolute atomic E-state index is 13.2. The van der Waals surface area contributed by atoms with E-state index in [0.29, 0.717) is 16.9 Å². The van der Waals surface area contributed by atoms with Gasteiger partial charge in [0.2, 0.25) is 0 Å². The molecule has 0 amide bonds. The Morgan fingerprint density at radius 1 is 1.31 bits per heavy atom. The molecule has 0 aliphatic rings. The lowest BCUT2D eigenvalue weighted by atomic mass is 10.2. The topological polar surface area (TPSA) is 30.2 Å². The molecule has 0 saturated carbocycles. The summed E-state index contributed by atoms with van der Waals surface area (Å²) in [5.41, 5.74) is 0.110. The molecule has 0 unspecified atom stereocenters. The van der Waals surface area contributed by atoms with Gasteiger partial charge < -0.3 is 4.42 Å². The smallest absolute Gasteiger partial charge is 0.154 e. The summed E-state index contributed by atoms with van der Waals surface area (Å²) in [6, 6.07) is 8.23. The van der Waals surface area contributed by atoms with Crippen LogP contribution < -0.4 is 0 Å². The van der Waals surface area contributed by atoms with E-state index < -0.39 is 5.82 Å². The Bertz CT molecular complexity index is 480. The zero-order valence-corrected chi connectivity index (χ0v) is 9.17. The van der Waals surface area contributed by atoms with Gasteiger partial charge in [-0.05, 0) is 24.3 Å². The van der Waals surface area contributed by atoms with Gasteiger partial charge in [0.05, 0.1) is 17.6 Å². The lowest BCUT2D eigenvalue weighted by Gasteiger charge is -2.03. The number of benzene rings is 1. The molecule has 0 N–H and O–H groups in total. The van der Waals surface area contributed by atoms with E-state index in [1.54, 1.807) is 24.5 Å². The molecule has 1 aromatic carbocycles. The molecule has 0 bridgehead atoms. The fraction of sp³-hybridized carbons (Fsp3) is 0.0833. The Labute approximate surface area is 96.5 Å². The fourth-order valence-corrected chi connectivity index (χ4v) is 2.24. The molecule has 0 aliphatic carbocycles. The van der Waals surface area contributed by atoms with Gasteiger partial charge in [0.25, 0.3) is 0 Å². The molecule has 82 valence electrons. The van der Waals surface area contributed by atoms with E-state index in [2.05, 4.69) is 0 Å². The molecule has 0 radical (unpaired) electrons. The number of carbonyl (C=O) groups is 1. The third-order valence-electron chi connectivity index (χ3n) is 2.08. The van der Waals surface area contributed by atoms with Gasteiger partial charge in [-0.3, -0.25) is 4.79 Å². The maximum atomic E-state index is 13.2. The summed E-state index contributed by atoms with van der Waals surface area (Å²) in [6.45, 7) is 0. The van der Waals surface area contributed by atoms with Crippen molar-refractivity contribution in [3.8, 4) is 0 Å². The van der Waals surface area contributed by atoms with Gasteiger partial charge in [0, 0.05) is 4.90 Å². The molecule has 0 aliphatic heterocycles. The van der Waals surface area contributed by atoms with Crippen LogP contribution in [0.1, 0.15) is 16.1 Å². The Hall–Kier alpha value is -1.55. The molecule has 0 spiro atoms. The summed E-state index contributed by atoms with van der Waals surface area (Å²) >= 11 is 1.38. The zero-order valence-electron chi connectivity index (χ0n) is 8.35. The van der Waals surface area contributed by atoms with Crippen molar-refractivity contribution in [2.45, 2.75) is 10.6 Å². The van der Waals surface area contributed by atoms with Gasteiger partial charge in [-0.15, -0.1) is 11.8 Å². The molecule has 0 fully saturated rings. The van der Waals surface area contributed by atoms with E-state index >= 15 is 0 Å². The second kappa shape index (κ2) is 4.99. The van der Waals surface area contributed by atoms with Gasteiger partial charge in [-0.2, -0.15) is 0 Å². The number of furan rings is 1. The molecule has 0 atom stereocenters. The lowest BCUT2D eigenvalue weighted by molar-refractivity contribution is 0.111. The highest BCUT2D eigenvalue weighted by atomic mass is 32.2. The normalized spacial score (nSPS) is 10.3. The average Bonchev–Trinajstić information content (AvgIpc) is 2.79. The second-order valence-corrected chi connectivity index (χ2v) is 4.15. The second-order valence-electron chi connectivity index (χ2n) is 3.14. The zero-order chi connectivity index (χ0) is 11.4. The standard InChI is InChI=1S/C12H9FO2S/c13-11-4-1-5-12(10(11)7-14)16-8-9-3-2-6-15-9/h1-7H,8H2. The minimum atomic E-state index is -0.487. The minimum Gasteiger partial charge on any atom is -0.468 e. The monoisotopic (exact) mass is 236 g/mol. The van der Waals surface area contributed by atoms with Gasteiger partial charge in [-0.1, -0.05) is 6.07 Å². The predicted molar refractivity (Wildman–Crippen MR) is 60.1 cm³/mol. The summed E-state index contributed by atoms with van der Waals surface area (Å²) in [4.78, 5) is 11.4. The van der Waals surface area contributed by atoms with E-state index in [9.17, 15) is 9.18 Å². The van der Waals surface area contributed by atoms with Crippen LogP contribution in [0.25, 0.3) is 0 Å². The van der Waals surface area contributed by atoms with Crippen molar-refractivity contribution in [3.63, 3.8) is 0 Å². The number of hydrogen-bond donors (Lipinski definition) is 0. The van der Waals surface area contributed by atoms with Crippen molar-refractivity contribution in [1.82, 2.24) is 0 Å². The van der Waals surface area contributed by atoms with Crippen LogP contribution in [0.15, 0.2) is 45.9 Å². The van der Waals surface area contributed by atoms with Gasteiger partial charge >= 0.3 is 0 Å². The Morgan fingerprint density at radius 2 is 2.19 bits per heavy atom. The molecule has 0 saturated heterocycles. The Morgan fingerprint density at radius 3 is 2.88 bits per heavy atom. The first kappa shape index (κ1) is 11.0. The van der Waals surface area contributed by atoms with E-state index in [1.807, 2.05) is 6.07 Å². The summed E-state index contributed by atoms with van der Waals surface area (Å²) in [5.74, 6) is 0.891. The molecule has 4 heteroatoms. The molecule has 16 heavy (non-hydrogen) atoms. The SMILES string of the molecule is O=Cc1c(F)cccc1SCc1ccco1. The summed E-state index contributed by atoms with van der Waals surface area (Å²) in [5, 5.41) is 0. The van der Waals surface area contributed by atoms with Crippen LogP contribution in [0.5, 0.6) is 0 Å². The summed E-state index contributed by atoms with van der Waals surface area (Å²) in [6.07, 6.45) is 2.13. The van der Waals surface area contributed by atoms with Crippen LogP contribution in [0.2, 0.25) is 0 Å².